The number of carbonyl (C=O) groups excluding carboxylic acids is 1. The van der Waals surface area contributed by atoms with Crippen LogP contribution in [-0.2, 0) is 14.8 Å². The van der Waals surface area contributed by atoms with Crippen LogP contribution in [0.15, 0.2) is 65.0 Å². The molecule has 0 radical (unpaired) electrons. The Labute approximate surface area is 187 Å². The van der Waals surface area contributed by atoms with Gasteiger partial charge in [0.15, 0.2) is 5.82 Å². The summed E-state index contributed by atoms with van der Waals surface area (Å²) in [5.74, 6) is 0.552. The van der Waals surface area contributed by atoms with Crippen LogP contribution in [0.5, 0.6) is 11.6 Å². The summed E-state index contributed by atoms with van der Waals surface area (Å²) >= 11 is 0.992. The van der Waals surface area contributed by atoms with Crippen molar-refractivity contribution >= 4 is 33.0 Å². The molecule has 10 nitrogen and oxygen atoms in total. The van der Waals surface area contributed by atoms with Crippen molar-refractivity contribution in [2.75, 3.05) is 11.8 Å². The molecule has 0 fully saturated rings. The number of ether oxygens (including phenoxy) is 2. The van der Waals surface area contributed by atoms with Crippen LogP contribution in [0.1, 0.15) is 15.4 Å². The second-order valence-electron chi connectivity index (χ2n) is 6.47. The molecule has 1 N–H and O–H groups in total. The number of nitrogens with one attached hydrogen (secondary N) is 1. The van der Waals surface area contributed by atoms with E-state index in [4.69, 9.17) is 4.74 Å². The van der Waals surface area contributed by atoms with E-state index in [0.29, 0.717) is 17.3 Å². The number of methoxy groups -OCH3 is 1. The van der Waals surface area contributed by atoms with Crippen LogP contribution in [-0.4, -0.2) is 41.5 Å². The van der Waals surface area contributed by atoms with Gasteiger partial charge >= 0.3 is 5.97 Å². The van der Waals surface area contributed by atoms with Crippen molar-refractivity contribution in [2.24, 2.45) is 0 Å². The molecule has 32 heavy (non-hydrogen) atoms. The van der Waals surface area contributed by atoms with Gasteiger partial charge in [-0.1, -0.05) is 0 Å². The number of carbonyl (C=O) groups is 1. The SMILES string of the molecule is COC(=O)c1sccc1S(=O)(=O)Nc1ccc(Oc2ccc(-n3ccc(C)n3)nn2)cc1. The number of nitrogens with zero attached hydrogens (tertiary/aromatic N) is 4. The van der Waals surface area contributed by atoms with Crippen molar-refractivity contribution in [1.82, 2.24) is 20.0 Å². The molecule has 0 saturated carbocycles. The van der Waals surface area contributed by atoms with Gasteiger partial charge in [0.05, 0.1) is 12.8 Å². The first-order valence-electron chi connectivity index (χ1n) is 9.18. The lowest BCUT2D eigenvalue weighted by molar-refractivity contribution is 0.0602. The first-order chi connectivity index (χ1) is 15.4. The molecule has 0 bridgehead atoms. The summed E-state index contributed by atoms with van der Waals surface area (Å²) in [6.07, 6.45) is 1.78. The van der Waals surface area contributed by atoms with Gasteiger partial charge in [-0.15, -0.1) is 21.5 Å². The quantitative estimate of drug-likeness (QED) is 0.407. The number of esters is 1. The van der Waals surface area contributed by atoms with Gasteiger partial charge in [-0.3, -0.25) is 4.72 Å². The third kappa shape index (κ3) is 4.60. The lowest BCUT2D eigenvalue weighted by atomic mass is 10.3. The van der Waals surface area contributed by atoms with E-state index in [1.165, 1.54) is 30.7 Å². The lowest BCUT2D eigenvalue weighted by Crippen LogP contribution is -2.15. The van der Waals surface area contributed by atoms with E-state index in [0.717, 1.165) is 17.0 Å². The average molecular weight is 472 g/mol. The number of hydrogen-bond acceptors (Lipinski definition) is 9. The zero-order valence-corrected chi connectivity index (χ0v) is 18.6. The molecule has 0 atom stereocenters. The number of aryl methyl sites for hydroxylation is 1. The van der Waals surface area contributed by atoms with Gasteiger partial charge in [0.2, 0.25) is 5.88 Å². The summed E-state index contributed by atoms with van der Waals surface area (Å²) in [6, 6.07) is 12.8. The van der Waals surface area contributed by atoms with Crippen LogP contribution in [0.3, 0.4) is 0 Å². The van der Waals surface area contributed by atoms with Crippen molar-refractivity contribution in [3.05, 3.63) is 70.7 Å². The van der Waals surface area contributed by atoms with Gasteiger partial charge in [-0.25, -0.2) is 17.9 Å². The van der Waals surface area contributed by atoms with Crippen molar-refractivity contribution in [1.29, 1.82) is 0 Å². The summed E-state index contributed by atoms with van der Waals surface area (Å²) < 4.78 is 39.7. The Kier molecular flexibility index (Phi) is 5.88. The van der Waals surface area contributed by atoms with Gasteiger partial charge in [0, 0.05) is 18.0 Å². The smallest absolute Gasteiger partial charge is 0.349 e. The highest BCUT2D eigenvalue weighted by Crippen LogP contribution is 2.27. The highest BCUT2D eigenvalue weighted by Gasteiger charge is 2.24. The maximum Gasteiger partial charge on any atom is 0.349 e. The third-order valence-corrected chi connectivity index (χ3v) is 6.65. The molecule has 1 aromatic carbocycles. The summed E-state index contributed by atoms with van der Waals surface area (Å²) in [7, 11) is -2.77. The van der Waals surface area contributed by atoms with Crippen LogP contribution >= 0.6 is 11.3 Å². The predicted octanol–water partition coefficient (Wildman–Crippen LogP) is 3.41. The average Bonchev–Trinajstić information content (AvgIpc) is 3.45. The summed E-state index contributed by atoms with van der Waals surface area (Å²) in [5.41, 5.74) is 1.17. The van der Waals surface area contributed by atoms with Crippen molar-refractivity contribution < 1.29 is 22.7 Å². The molecule has 4 aromatic rings. The standard InChI is InChI=1S/C20H17N5O5S2/c1-13-9-11-25(23-13)17-7-8-18(22-21-17)30-15-5-3-14(4-6-15)24-32(27,28)16-10-12-31-19(16)20(26)29-2/h3-12,24H,1-2H3. The first-order valence-corrected chi connectivity index (χ1v) is 11.5. The Balaban J connectivity index is 1.44. The molecule has 3 heterocycles. The largest absolute Gasteiger partial charge is 0.465 e. The monoisotopic (exact) mass is 471 g/mol. The Hall–Kier alpha value is -3.77. The fraction of sp³-hybridized carbons (Fsp3) is 0.100. The summed E-state index contributed by atoms with van der Waals surface area (Å²) in [4.78, 5) is 11.6. The maximum absolute atomic E-state index is 12.7. The van der Waals surface area contributed by atoms with E-state index >= 15 is 0 Å². The second kappa shape index (κ2) is 8.77. The van der Waals surface area contributed by atoms with E-state index in [9.17, 15) is 13.2 Å². The Morgan fingerprint density at radius 2 is 1.84 bits per heavy atom. The molecule has 0 aliphatic carbocycles. The number of sulfonamides is 1. The molecule has 12 heteroatoms. The second-order valence-corrected chi connectivity index (χ2v) is 9.04. The van der Waals surface area contributed by atoms with Gasteiger partial charge in [0.1, 0.15) is 15.5 Å². The summed E-state index contributed by atoms with van der Waals surface area (Å²) in [5, 5.41) is 13.9. The zero-order valence-electron chi connectivity index (χ0n) is 16.9. The highest BCUT2D eigenvalue weighted by molar-refractivity contribution is 7.93. The predicted molar refractivity (Wildman–Crippen MR) is 117 cm³/mol. The van der Waals surface area contributed by atoms with Gasteiger partial charge in [0.25, 0.3) is 10.0 Å². The number of aromatic nitrogens is 4. The normalized spacial score (nSPS) is 11.2. The number of benzene rings is 1. The van der Waals surface area contributed by atoms with Crippen LogP contribution in [0, 0.1) is 6.92 Å². The molecule has 0 aliphatic rings. The molecule has 0 amide bonds. The van der Waals surface area contributed by atoms with Crippen LogP contribution in [0.2, 0.25) is 0 Å². The number of hydrogen-bond donors (Lipinski definition) is 1. The topological polar surface area (TPSA) is 125 Å². The molecular formula is C20H17N5O5S2. The number of rotatable bonds is 7. The molecule has 0 spiro atoms. The van der Waals surface area contributed by atoms with Crippen molar-refractivity contribution in [2.45, 2.75) is 11.8 Å². The molecule has 4 rings (SSSR count). The third-order valence-electron chi connectivity index (χ3n) is 4.20. The van der Waals surface area contributed by atoms with Crippen LogP contribution < -0.4 is 9.46 Å². The van der Waals surface area contributed by atoms with Crippen LogP contribution in [0.4, 0.5) is 5.69 Å². The molecule has 0 aliphatic heterocycles. The van der Waals surface area contributed by atoms with Crippen molar-refractivity contribution in [3.63, 3.8) is 0 Å². The highest BCUT2D eigenvalue weighted by atomic mass is 32.2. The molecule has 0 unspecified atom stereocenters. The Morgan fingerprint density at radius 1 is 1.06 bits per heavy atom. The molecule has 164 valence electrons. The molecule has 3 aromatic heterocycles. The van der Waals surface area contributed by atoms with Crippen LogP contribution in [0.25, 0.3) is 5.82 Å². The van der Waals surface area contributed by atoms with E-state index in [-0.39, 0.29) is 15.7 Å². The minimum atomic E-state index is -3.97. The molecule has 0 saturated heterocycles. The zero-order chi connectivity index (χ0) is 22.7. The summed E-state index contributed by atoms with van der Waals surface area (Å²) in [6.45, 7) is 1.88. The fourth-order valence-corrected chi connectivity index (χ4v) is 5.10. The van der Waals surface area contributed by atoms with Gasteiger partial charge in [-0.2, -0.15) is 5.10 Å². The maximum atomic E-state index is 12.7. The number of thiophene rings is 1. The Morgan fingerprint density at radius 3 is 2.47 bits per heavy atom. The minimum absolute atomic E-state index is 0.00671. The van der Waals surface area contributed by atoms with Gasteiger partial charge in [-0.05, 0) is 54.8 Å². The van der Waals surface area contributed by atoms with E-state index < -0.39 is 16.0 Å². The van der Waals surface area contributed by atoms with Gasteiger partial charge < -0.3 is 9.47 Å². The minimum Gasteiger partial charge on any atom is -0.465 e. The van der Waals surface area contributed by atoms with E-state index in [1.54, 1.807) is 35.1 Å². The van der Waals surface area contributed by atoms with E-state index in [1.807, 2.05) is 13.0 Å². The Bertz CT molecular complexity index is 1350. The number of anilines is 1. The fourth-order valence-electron chi connectivity index (χ4n) is 2.70. The lowest BCUT2D eigenvalue weighted by Gasteiger charge is -2.09. The van der Waals surface area contributed by atoms with Crippen molar-refractivity contribution in [3.8, 4) is 17.4 Å². The first kappa shape index (κ1) is 21.5. The van der Waals surface area contributed by atoms with E-state index in [2.05, 4.69) is 24.8 Å². The molecular weight excluding hydrogens is 454 g/mol.